The lowest BCUT2D eigenvalue weighted by molar-refractivity contribution is -0.238. The van der Waals surface area contributed by atoms with E-state index < -0.39 is 32.1 Å². The molecule has 0 radical (unpaired) electrons. The van der Waals surface area contributed by atoms with Gasteiger partial charge in [0.05, 0.1) is 5.39 Å². The summed E-state index contributed by atoms with van der Waals surface area (Å²) < 4.78 is 22.8. The molecule has 4 rings (SSSR count). The lowest BCUT2D eigenvalue weighted by Crippen LogP contribution is -2.33. The van der Waals surface area contributed by atoms with Crippen LogP contribution in [-0.2, 0) is 18.9 Å². The summed E-state index contributed by atoms with van der Waals surface area (Å²) in [6.45, 7) is 2.24. The van der Waals surface area contributed by atoms with Gasteiger partial charge in [-0.3, -0.25) is 4.57 Å². The van der Waals surface area contributed by atoms with Crippen LogP contribution in [0.1, 0.15) is 31.3 Å². The van der Waals surface area contributed by atoms with Gasteiger partial charge in [-0.25, -0.2) is 14.9 Å². The fraction of sp³-hybridized carbons (Fsp3) is 0.611. The molecule has 4 heterocycles. The molecule has 2 aromatic rings. The van der Waals surface area contributed by atoms with Crippen molar-refractivity contribution in [2.24, 2.45) is 0 Å². The van der Waals surface area contributed by atoms with E-state index in [2.05, 4.69) is 19.5 Å². The maximum atomic E-state index is 11.2. The molecule has 31 heavy (non-hydrogen) atoms. The molecule has 0 bridgehead atoms. The fourth-order valence-electron chi connectivity index (χ4n) is 3.91. The van der Waals surface area contributed by atoms with Gasteiger partial charge in [-0.1, -0.05) is 0 Å². The predicted molar refractivity (Wildman–Crippen MR) is 107 cm³/mol. The molecule has 5 atom stereocenters. The first-order chi connectivity index (χ1) is 14.8. The zero-order chi connectivity index (χ0) is 22.2. The first kappa shape index (κ1) is 22.1. The first-order valence-corrected chi connectivity index (χ1v) is 12.0. The highest BCUT2D eigenvalue weighted by Gasteiger charge is 2.44. The molecule has 0 aromatic carbocycles. The highest BCUT2D eigenvalue weighted by Crippen LogP contribution is 2.38. The minimum absolute atomic E-state index is 0.00372. The van der Waals surface area contributed by atoms with Crippen molar-refractivity contribution >= 4 is 24.4 Å². The highest BCUT2D eigenvalue weighted by atomic mass is 31.2. The zero-order valence-corrected chi connectivity index (χ0v) is 17.8. The van der Waals surface area contributed by atoms with Crippen LogP contribution in [0.5, 0.6) is 0 Å². The lowest BCUT2D eigenvalue weighted by atomic mass is 10.1. The average molecular weight is 453 g/mol. The zero-order valence-electron chi connectivity index (χ0n) is 16.9. The molecule has 2 aliphatic heterocycles. The second kappa shape index (κ2) is 8.80. The van der Waals surface area contributed by atoms with E-state index in [1.54, 1.807) is 12.3 Å². The van der Waals surface area contributed by atoms with Crippen LogP contribution in [0.15, 0.2) is 12.3 Å². The molecular weight excluding hydrogens is 429 g/mol. The number of hydrogen-bond donors (Lipinski definition) is 3. The summed E-state index contributed by atoms with van der Waals surface area (Å²) in [6, 6.07) is 3.76. The van der Waals surface area contributed by atoms with Crippen molar-refractivity contribution in [3.63, 3.8) is 0 Å². The molecule has 2 aromatic heterocycles. The number of aliphatic hydroxyl groups is 2. The Kier molecular flexibility index (Phi) is 6.27. The van der Waals surface area contributed by atoms with E-state index in [4.69, 9.17) is 14.5 Å². The molecule has 0 saturated carbocycles. The Bertz CT molecular complexity index is 1030. The highest BCUT2D eigenvalue weighted by molar-refractivity contribution is 7.51. The lowest BCUT2D eigenvalue weighted by Gasteiger charge is -2.28. The molecule has 1 unspecified atom stereocenters. The number of anilines is 1. The summed E-state index contributed by atoms with van der Waals surface area (Å²) in [6.07, 6.45) is 0.184. The third kappa shape index (κ3) is 4.58. The van der Waals surface area contributed by atoms with Crippen LogP contribution in [0.3, 0.4) is 0 Å². The SMILES string of the molecule is CP(=O)(O)OOC[C@H]1O[C@@H](n2ccc3c(N4CCCCC4)nc(C#N)nc32)[C@H](O)[C@@H]1O. The number of nitrogens with zero attached hydrogens (tertiary/aromatic N) is 5. The van der Waals surface area contributed by atoms with Crippen molar-refractivity contribution < 1.29 is 34.0 Å². The van der Waals surface area contributed by atoms with Crippen LogP contribution in [-0.4, -0.2) is 74.3 Å². The molecule has 0 amide bonds. The Morgan fingerprint density at radius 3 is 2.71 bits per heavy atom. The maximum absolute atomic E-state index is 11.2. The summed E-state index contributed by atoms with van der Waals surface area (Å²) >= 11 is 0. The number of aliphatic hydroxyl groups excluding tert-OH is 2. The van der Waals surface area contributed by atoms with Crippen molar-refractivity contribution in [2.75, 3.05) is 31.3 Å². The standard InChI is InChI=1S/C18H24N5O7P/c1-31(26,27)30-28-10-12-14(24)15(25)18(29-12)23-8-5-11-16(22-6-3-2-4-7-22)20-13(9-19)21-17(11)23/h5,8,12,14-15,18,24-25H,2-4,6-7,10H2,1H3,(H,26,27)/t12-,14-,15-,18-/m1/s1. The molecule has 13 heteroatoms. The van der Waals surface area contributed by atoms with Gasteiger partial charge in [-0.15, -0.1) is 4.67 Å². The monoisotopic (exact) mass is 453 g/mol. The van der Waals surface area contributed by atoms with Crippen molar-refractivity contribution in [1.82, 2.24) is 14.5 Å². The maximum Gasteiger partial charge on any atom is 0.352 e. The third-order valence-corrected chi connectivity index (χ3v) is 5.72. The van der Waals surface area contributed by atoms with Crippen LogP contribution in [0, 0.1) is 11.3 Å². The number of rotatable bonds is 6. The normalized spacial score (nSPS) is 28.5. The van der Waals surface area contributed by atoms with E-state index in [1.807, 2.05) is 6.07 Å². The number of nitriles is 1. The number of piperidine rings is 1. The van der Waals surface area contributed by atoms with Gasteiger partial charge in [0, 0.05) is 26.0 Å². The van der Waals surface area contributed by atoms with Crippen molar-refractivity contribution in [1.29, 1.82) is 5.26 Å². The molecular formula is C18H24N5O7P. The predicted octanol–water partition coefficient (Wildman–Crippen LogP) is 0.676. The second-order valence-corrected chi connectivity index (χ2v) is 9.45. The van der Waals surface area contributed by atoms with Gasteiger partial charge in [0.2, 0.25) is 5.82 Å². The minimum Gasteiger partial charge on any atom is -0.387 e. The van der Waals surface area contributed by atoms with Crippen molar-refractivity contribution in [2.45, 2.75) is 43.8 Å². The summed E-state index contributed by atoms with van der Waals surface area (Å²) in [5.41, 5.74) is 0.398. The number of hydrogen-bond acceptors (Lipinski definition) is 10. The van der Waals surface area contributed by atoms with Crippen molar-refractivity contribution in [3.05, 3.63) is 18.1 Å². The van der Waals surface area contributed by atoms with E-state index in [0.29, 0.717) is 16.9 Å². The van der Waals surface area contributed by atoms with Gasteiger partial charge in [0.15, 0.2) is 6.23 Å². The van der Waals surface area contributed by atoms with Crippen molar-refractivity contribution in [3.8, 4) is 6.07 Å². The van der Waals surface area contributed by atoms with Gasteiger partial charge in [-0.2, -0.15) is 5.26 Å². The number of ether oxygens (including phenoxy) is 1. The number of fused-ring (bicyclic) bond motifs is 1. The average Bonchev–Trinajstić information content (AvgIpc) is 3.29. The van der Waals surface area contributed by atoms with E-state index in [9.17, 15) is 20.0 Å². The molecule has 0 aliphatic carbocycles. The third-order valence-electron chi connectivity index (χ3n) is 5.34. The van der Waals surface area contributed by atoms with Crippen LogP contribution < -0.4 is 4.90 Å². The molecule has 2 aliphatic rings. The van der Waals surface area contributed by atoms with Gasteiger partial charge >= 0.3 is 7.60 Å². The smallest absolute Gasteiger partial charge is 0.352 e. The molecule has 3 N–H and O–H groups in total. The Hall–Kier alpha value is -2.10. The minimum atomic E-state index is -3.86. The molecule has 2 saturated heterocycles. The van der Waals surface area contributed by atoms with Gasteiger partial charge in [0.1, 0.15) is 42.5 Å². The van der Waals surface area contributed by atoms with E-state index in [1.165, 1.54) is 4.57 Å². The first-order valence-electron chi connectivity index (χ1n) is 9.95. The molecule has 12 nitrogen and oxygen atoms in total. The van der Waals surface area contributed by atoms with Gasteiger partial charge in [-0.05, 0) is 25.3 Å². The molecule has 168 valence electrons. The van der Waals surface area contributed by atoms with Crippen LogP contribution >= 0.6 is 7.60 Å². The van der Waals surface area contributed by atoms with Crippen LogP contribution in [0.25, 0.3) is 11.0 Å². The topological polar surface area (TPSA) is 163 Å². The molecule has 2 fully saturated rings. The molecule has 0 spiro atoms. The Balaban J connectivity index is 1.62. The van der Waals surface area contributed by atoms with E-state index in [0.717, 1.165) is 39.0 Å². The van der Waals surface area contributed by atoms with Crippen LogP contribution in [0.4, 0.5) is 5.82 Å². The summed E-state index contributed by atoms with van der Waals surface area (Å²) in [5.74, 6) is 0.652. The second-order valence-electron chi connectivity index (χ2n) is 7.70. The fourth-order valence-corrected chi connectivity index (χ4v) is 4.17. The Morgan fingerprint density at radius 1 is 1.29 bits per heavy atom. The summed E-state index contributed by atoms with van der Waals surface area (Å²) in [4.78, 5) is 24.6. The Labute approximate surface area is 178 Å². The number of aromatic nitrogens is 3. The van der Waals surface area contributed by atoms with Gasteiger partial charge in [0.25, 0.3) is 0 Å². The summed E-state index contributed by atoms with van der Waals surface area (Å²) in [7, 11) is -3.86. The quantitative estimate of drug-likeness (QED) is 0.320. The largest absolute Gasteiger partial charge is 0.387 e. The van der Waals surface area contributed by atoms with E-state index in [-0.39, 0.29) is 12.4 Å². The van der Waals surface area contributed by atoms with E-state index >= 15 is 0 Å². The van der Waals surface area contributed by atoms with Crippen LogP contribution in [0.2, 0.25) is 0 Å². The van der Waals surface area contributed by atoms with Gasteiger partial charge < -0.3 is 29.3 Å². The summed E-state index contributed by atoms with van der Waals surface area (Å²) in [5, 5.41) is 31.0. The Morgan fingerprint density at radius 2 is 2.03 bits per heavy atom.